The zero-order valence-corrected chi connectivity index (χ0v) is 18.0. The molecule has 0 aliphatic carbocycles. The van der Waals surface area contributed by atoms with Crippen molar-refractivity contribution in [3.63, 3.8) is 0 Å². The van der Waals surface area contributed by atoms with Gasteiger partial charge in [0, 0.05) is 48.6 Å². The number of amides is 3. The number of nitrogens with one attached hydrogen (secondary N) is 1. The summed E-state index contributed by atoms with van der Waals surface area (Å²) in [4.78, 5) is 40.2. The van der Waals surface area contributed by atoms with Gasteiger partial charge in [0.05, 0.1) is 5.92 Å². The fourth-order valence-corrected chi connectivity index (χ4v) is 4.39. The molecule has 1 atom stereocenters. The summed E-state index contributed by atoms with van der Waals surface area (Å²) >= 11 is 0. The van der Waals surface area contributed by atoms with Crippen molar-refractivity contribution in [3.8, 4) is 0 Å². The van der Waals surface area contributed by atoms with Crippen molar-refractivity contribution in [2.24, 2.45) is 11.7 Å². The smallest absolute Gasteiger partial charge is 0.258 e. The number of benzene rings is 2. The molecule has 0 bridgehead atoms. The second kappa shape index (κ2) is 9.36. The van der Waals surface area contributed by atoms with Crippen molar-refractivity contribution in [3.05, 3.63) is 71.8 Å². The summed E-state index contributed by atoms with van der Waals surface area (Å²) in [5.41, 5.74) is 9.38. The number of nitrogens with two attached hydrogens (primary N) is 1. The fraction of sp³-hybridized carbons (Fsp3) is 0.320. The van der Waals surface area contributed by atoms with Crippen LogP contribution in [-0.4, -0.2) is 47.2 Å². The Hall–Kier alpha value is -3.45. The molecule has 3 N–H and O–H groups in total. The van der Waals surface area contributed by atoms with Crippen LogP contribution in [-0.2, 0) is 16.1 Å². The van der Waals surface area contributed by atoms with Crippen LogP contribution in [0.25, 0.3) is 5.70 Å². The van der Waals surface area contributed by atoms with Gasteiger partial charge < -0.3 is 16.0 Å². The molecule has 0 saturated carbocycles. The van der Waals surface area contributed by atoms with Gasteiger partial charge in [-0.3, -0.25) is 19.3 Å². The van der Waals surface area contributed by atoms with Gasteiger partial charge in [-0.05, 0) is 43.1 Å². The molecule has 0 spiro atoms. The first-order chi connectivity index (χ1) is 15.4. The molecule has 2 heterocycles. The predicted octanol–water partition coefficient (Wildman–Crippen LogP) is 2.84. The standard InChI is InChI=1S/C25H28N4O3/c1-17-21-6-2-3-7-22(21)25(32)29(17)14-12-23(30)27-20-10-8-18(9-11-20)15-28-13-4-5-19(16-28)24(26)31/h2-3,6-11,19H,1,4-5,12-16H2,(H2,26,31)(H,27,30). The lowest BCUT2D eigenvalue weighted by Crippen LogP contribution is -2.40. The molecule has 32 heavy (non-hydrogen) atoms. The van der Waals surface area contributed by atoms with Crippen LogP contribution in [0.5, 0.6) is 0 Å². The Kier molecular flexibility index (Phi) is 6.37. The number of fused-ring (bicyclic) bond motifs is 1. The second-order valence-corrected chi connectivity index (χ2v) is 8.42. The van der Waals surface area contributed by atoms with Gasteiger partial charge in [0.15, 0.2) is 0 Å². The van der Waals surface area contributed by atoms with Crippen molar-refractivity contribution in [2.75, 3.05) is 25.0 Å². The molecule has 3 amide bonds. The predicted molar refractivity (Wildman–Crippen MR) is 123 cm³/mol. The lowest BCUT2D eigenvalue weighted by Gasteiger charge is -2.31. The van der Waals surface area contributed by atoms with Crippen LogP contribution in [0.3, 0.4) is 0 Å². The average Bonchev–Trinajstić information content (AvgIpc) is 3.04. The van der Waals surface area contributed by atoms with Crippen molar-refractivity contribution in [2.45, 2.75) is 25.8 Å². The minimum Gasteiger partial charge on any atom is -0.369 e. The summed E-state index contributed by atoms with van der Waals surface area (Å²) in [5.74, 6) is -0.571. The molecule has 7 nitrogen and oxygen atoms in total. The minimum absolute atomic E-state index is 0.0753. The maximum Gasteiger partial charge on any atom is 0.258 e. The fourth-order valence-electron chi connectivity index (χ4n) is 4.39. The highest BCUT2D eigenvalue weighted by Crippen LogP contribution is 2.31. The molecule has 166 valence electrons. The van der Waals surface area contributed by atoms with Gasteiger partial charge in [0.25, 0.3) is 5.91 Å². The highest BCUT2D eigenvalue weighted by atomic mass is 16.2. The van der Waals surface area contributed by atoms with Gasteiger partial charge in [0.2, 0.25) is 11.8 Å². The molecule has 2 aromatic carbocycles. The maximum atomic E-state index is 12.5. The number of carbonyl (C=O) groups excluding carboxylic acids is 3. The topological polar surface area (TPSA) is 95.7 Å². The van der Waals surface area contributed by atoms with Gasteiger partial charge in [0.1, 0.15) is 0 Å². The van der Waals surface area contributed by atoms with E-state index in [0.717, 1.165) is 37.1 Å². The zero-order chi connectivity index (χ0) is 22.7. The molecule has 2 aliphatic heterocycles. The lowest BCUT2D eigenvalue weighted by molar-refractivity contribution is -0.123. The molecule has 4 rings (SSSR count). The Balaban J connectivity index is 1.27. The zero-order valence-electron chi connectivity index (χ0n) is 18.0. The van der Waals surface area contributed by atoms with Crippen molar-refractivity contribution < 1.29 is 14.4 Å². The third kappa shape index (κ3) is 4.73. The number of anilines is 1. The van der Waals surface area contributed by atoms with Crippen LogP contribution in [0.2, 0.25) is 0 Å². The van der Waals surface area contributed by atoms with Crippen molar-refractivity contribution in [1.29, 1.82) is 0 Å². The van der Waals surface area contributed by atoms with Gasteiger partial charge in [-0.25, -0.2) is 0 Å². The summed E-state index contributed by atoms with van der Waals surface area (Å²) < 4.78 is 0. The van der Waals surface area contributed by atoms with E-state index in [1.54, 1.807) is 11.0 Å². The van der Waals surface area contributed by atoms with E-state index < -0.39 is 0 Å². The number of hydrogen-bond donors (Lipinski definition) is 2. The maximum absolute atomic E-state index is 12.5. The Labute approximate surface area is 187 Å². The van der Waals surface area contributed by atoms with Crippen LogP contribution in [0.1, 0.15) is 40.7 Å². The van der Waals surface area contributed by atoms with E-state index in [9.17, 15) is 14.4 Å². The number of primary amides is 1. The lowest BCUT2D eigenvalue weighted by atomic mass is 9.97. The van der Waals surface area contributed by atoms with E-state index in [2.05, 4.69) is 16.8 Å². The molecule has 2 aliphatic rings. The van der Waals surface area contributed by atoms with Gasteiger partial charge in [-0.2, -0.15) is 0 Å². The first kappa shape index (κ1) is 21.8. The van der Waals surface area contributed by atoms with Gasteiger partial charge >= 0.3 is 0 Å². The molecule has 1 saturated heterocycles. The first-order valence-corrected chi connectivity index (χ1v) is 10.9. The number of likely N-dealkylation sites (tertiary alicyclic amines) is 1. The molecular weight excluding hydrogens is 404 g/mol. The summed E-state index contributed by atoms with van der Waals surface area (Å²) in [7, 11) is 0. The van der Waals surface area contributed by atoms with E-state index in [1.165, 1.54) is 0 Å². The number of hydrogen-bond acceptors (Lipinski definition) is 4. The molecule has 7 heteroatoms. The third-order valence-electron chi connectivity index (χ3n) is 6.15. The monoisotopic (exact) mass is 432 g/mol. The molecule has 1 fully saturated rings. The number of nitrogens with zero attached hydrogens (tertiary/aromatic N) is 2. The Morgan fingerprint density at radius 1 is 1.09 bits per heavy atom. The SMILES string of the molecule is C=C1c2ccccc2C(=O)N1CCC(=O)Nc1ccc(CN2CCCC(C(N)=O)C2)cc1. The molecule has 0 aromatic heterocycles. The summed E-state index contributed by atoms with van der Waals surface area (Å²) in [6, 6.07) is 15.1. The summed E-state index contributed by atoms with van der Waals surface area (Å²) in [5, 5.41) is 2.89. The Morgan fingerprint density at radius 2 is 1.81 bits per heavy atom. The van der Waals surface area contributed by atoms with Crippen LogP contribution in [0.15, 0.2) is 55.1 Å². The van der Waals surface area contributed by atoms with Crippen LogP contribution < -0.4 is 11.1 Å². The average molecular weight is 433 g/mol. The van der Waals surface area contributed by atoms with Crippen LogP contribution >= 0.6 is 0 Å². The number of carbonyl (C=O) groups is 3. The first-order valence-electron chi connectivity index (χ1n) is 10.9. The normalized spacial score (nSPS) is 18.5. The minimum atomic E-state index is -0.226. The third-order valence-corrected chi connectivity index (χ3v) is 6.15. The highest BCUT2D eigenvalue weighted by molar-refractivity contribution is 6.09. The van der Waals surface area contributed by atoms with E-state index in [-0.39, 0.29) is 36.6 Å². The van der Waals surface area contributed by atoms with Gasteiger partial charge in [-0.1, -0.05) is 36.9 Å². The van der Waals surface area contributed by atoms with E-state index in [4.69, 9.17) is 5.73 Å². The number of piperidine rings is 1. The van der Waals surface area contributed by atoms with Gasteiger partial charge in [-0.15, -0.1) is 0 Å². The molecule has 2 aromatic rings. The largest absolute Gasteiger partial charge is 0.369 e. The molecular formula is C25H28N4O3. The highest BCUT2D eigenvalue weighted by Gasteiger charge is 2.30. The number of rotatable bonds is 7. The molecule has 0 radical (unpaired) electrons. The van der Waals surface area contributed by atoms with Crippen molar-refractivity contribution >= 4 is 29.1 Å². The Bertz CT molecular complexity index is 1010. The van der Waals surface area contributed by atoms with Crippen LogP contribution in [0, 0.1) is 5.92 Å². The van der Waals surface area contributed by atoms with Crippen LogP contribution in [0.4, 0.5) is 5.69 Å². The van der Waals surface area contributed by atoms with E-state index >= 15 is 0 Å². The van der Waals surface area contributed by atoms with Crippen molar-refractivity contribution in [1.82, 2.24) is 9.80 Å². The Morgan fingerprint density at radius 3 is 2.50 bits per heavy atom. The van der Waals surface area contributed by atoms with E-state index in [0.29, 0.717) is 23.5 Å². The van der Waals surface area contributed by atoms with E-state index in [1.807, 2.05) is 42.5 Å². The summed E-state index contributed by atoms with van der Waals surface area (Å²) in [6.07, 6.45) is 2.01. The summed E-state index contributed by atoms with van der Waals surface area (Å²) in [6.45, 7) is 6.68. The quantitative estimate of drug-likeness (QED) is 0.703. The molecule has 1 unspecified atom stereocenters. The second-order valence-electron chi connectivity index (χ2n) is 8.42.